The van der Waals surface area contributed by atoms with Crippen molar-refractivity contribution in [1.82, 2.24) is 4.90 Å². The van der Waals surface area contributed by atoms with Crippen molar-refractivity contribution in [1.29, 1.82) is 0 Å². The first-order valence-corrected chi connectivity index (χ1v) is 9.63. The molecule has 1 aromatic rings. The molecule has 122 valence electrons. The quantitative estimate of drug-likeness (QED) is 0.696. The summed E-state index contributed by atoms with van der Waals surface area (Å²) in [4.78, 5) is 2.43. The second-order valence-electron chi connectivity index (χ2n) is 7.20. The lowest BCUT2D eigenvalue weighted by Crippen LogP contribution is -2.32. The van der Waals surface area contributed by atoms with Crippen LogP contribution in [0.3, 0.4) is 0 Å². The highest BCUT2D eigenvalue weighted by atomic mass is 32.2. The fourth-order valence-electron chi connectivity index (χ4n) is 3.68. The molecule has 1 atom stereocenters. The number of hydrogen-bond acceptors (Lipinski definition) is 2. The summed E-state index contributed by atoms with van der Waals surface area (Å²) < 4.78 is 0. The Bertz CT molecular complexity index is 779. The molecule has 2 fully saturated rings. The van der Waals surface area contributed by atoms with Gasteiger partial charge < -0.3 is 4.90 Å². The summed E-state index contributed by atoms with van der Waals surface area (Å²) in [5.41, 5.74) is 7.80. The minimum Gasteiger partial charge on any atom is -0.329 e. The Morgan fingerprint density at radius 2 is 2.21 bits per heavy atom. The van der Waals surface area contributed by atoms with E-state index < -0.39 is 0 Å². The van der Waals surface area contributed by atoms with Crippen LogP contribution >= 0.6 is 11.8 Å². The lowest BCUT2D eigenvalue weighted by atomic mass is 9.91. The Hall–Kier alpha value is -1.85. The molecule has 2 aliphatic heterocycles. The lowest BCUT2D eigenvalue weighted by Gasteiger charge is -2.34. The third kappa shape index (κ3) is 2.72. The van der Waals surface area contributed by atoms with E-state index in [1.807, 2.05) is 17.8 Å². The van der Waals surface area contributed by atoms with Gasteiger partial charge in [0.15, 0.2) is 0 Å². The number of fused-ring (bicyclic) bond motifs is 1. The lowest BCUT2D eigenvalue weighted by molar-refractivity contribution is 0.416. The second-order valence-corrected chi connectivity index (χ2v) is 8.21. The van der Waals surface area contributed by atoms with Crippen LogP contribution in [0.4, 0.5) is 0 Å². The van der Waals surface area contributed by atoms with Crippen LogP contribution in [-0.4, -0.2) is 16.7 Å². The van der Waals surface area contributed by atoms with Gasteiger partial charge in [-0.25, -0.2) is 0 Å². The van der Waals surface area contributed by atoms with E-state index in [1.54, 1.807) is 5.57 Å². The highest BCUT2D eigenvalue weighted by Crippen LogP contribution is 2.52. The minimum absolute atomic E-state index is 0.392. The van der Waals surface area contributed by atoms with Gasteiger partial charge in [-0.2, -0.15) is 0 Å². The number of hydrogen-bond donors (Lipinski definition) is 0. The van der Waals surface area contributed by atoms with Crippen molar-refractivity contribution in [2.45, 2.75) is 39.2 Å². The smallest absolute Gasteiger partial charge is 0.0797 e. The van der Waals surface area contributed by atoms with Crippen LogP contribution < -0.4 is 0 Å². The van der Waals surface area contributed by atoms with E-state index in [0.29, 0.717) is 6.04 Å². The first-order valence-electron chi connectivity index (χ1n) is 8.65. The summed E-state index contributed by atoms with van der Waals surface area (Å²) in [7, 11) is 0. The van der Waals surface area contributed by atoms with Gasteiger partial charge in [-0.05, 0) is 67.5 Å². The average Bonchev–Trinajstić information content (AvgIpc) is 3.24. The molecule has 1 aromatic carbocycles. The number of rotatable bonds is 4. The Morgan fingerprint density at radius 3 is 2.88 bits per heavy atom. The predicted molar refractivity (Wildman–Crippen MR) is 102 cm³/mol. The normalized spacial score (nSPS) is 23.1. The number of allylic oxidation sites excluding steroid dienone is 3. The Morgan fingerprint density at radius 1 is 1.42 bits per heavy atom. The topological polar surface area (TPSA) is 3.24 Å². The molecule has 3 aliphatic rings. The van der Waals surface area contributed by atoms with Gasteiger partial charge in [0, 0.05) is 23.4 Å². The molecule has 1 nitrogen and oxygen atoms in total. The standard InChI is InChI=1S/C22H23NS/c1-14(2)20-13-24-22-21(18-8-9-18)19(11-16(4)23(20)22)12-17-7-5-6-15(3)10-17/h6,10-11,18,20H,1,4,8-9,12-13H2,2-3H3/t20-/m0/s1. The molecular weight excluding hydrogens is 310 g/mol. The van der Waals surface area contributed by atoms with Gasteiger partial charge in [-0.1, -0.05) is 30.9 Å². The number of nitrogens with zero attached hydrogens (tertiary/aromatic N) is 1. The van der Waals surface area contributed by atoms with Crippen molar-refractivity contribution in [3.05, 3.63) is 82.1 Å². The summed E-state index contributed by atoms with van der Waals surface area (Å²) in [5.74, 6) is 1.82. The molecule has 0 unspecified atom stereocenters. The summed E-state index contributed by atoms with van der Waals surface area (Å²) in [6.07, 6.45) is 5.87. The highest BCUT2D eigenvalue weighted by Gasteiger charge is 2.40. The predicted octanol–water partition coefficient (Wildman–Crippen LogP) is 5.21. The van der Waals surface area contributed by atoms with E-state index in [-0.39, 0.29) is 0 Å². The largest absolute Gasteiger partial charge is 0.329 e. The fraction of sp³-hybridized carbons (Fsp3) is 0.364. The van der Waals surface area contributed by atoms with Crippen LogP contribution in [0.1, 0.15) is 30.9 Å². The molecule has 1 aliphatic carbocycles. The van der Waals surface area contributed by atoms with Crippen molar-refractivity contribution >= 4 is 11.8 Å². The van der Waals surface area contributed by atoms with Gasteiger partial charge in [0.2, 0.25) is 0 Å². The van der Waals surface area contributed by atoms with Crippen LogP contribution in [0.2, 0.25) is 0 Å². The van der Waals surface area contributed by atoms with Crippen molar-refractivity contribution in [2.75, 3.05) is 5.75 Å². The Labute approximate surface area is 149 Å². The van der Waals surface area contributed by atoms with E-state index in [1.165, 1.54) is 40.1 Å². The molecule has 1 saturated carbocycles. The van der Waals surface area contributed by atoms with Gasteiger partial charge in [-0.15, -0.1) is 11.8 Å². The Kier molecular flexibility index (Phi) is 3.85. The maximum absolute atomic E-state index is 4.36. The summed E-state index contributed by atoms with van der Waals surface area (Å²) >= 11 is 1.99. The van der Waals surface area contributed by atoms with Crippen molar-refractivity contribution < 1.29 is 0 Å². The van der Waals surface area contributed by atoms with E-state index in [0.717, 1.165) is 23.8 Å². The summed E-state index contributed by atoms with van der Waals surface area (Å²) in [6.45, 7) is 12.8. The third-order valence-electron chi connectivity index (χ3n) is 5.00. The molecule has 2 heteroatoms. The van der Waals surface area contributed by atoms with Crippen LogP contribution in [-0.2, 0) is 6.42 Å². The van der Waals surface area contributed by atoms with E-state index in [9.17, 15) is 0 Å². The van der Waals surface area contributed by atoms with Gasteiger partial charge in [-0.3, -0.25) is 0 Å². The average molecular weight is 334 g/mol. The molecule has 0 aromatic heterocycles. The van der Waals surface area contributed by atoms with Crippen LogP contribution in [0.5, 0.6) is 0 Å². The molecule has 1 saturated heterocycles. The first-order chi connectivity index (χ1) is 11.5. The second kappa shape index (κ2) is 5.90. The van der Waals surface area contributed by atoms with Gasteiger partial charge in [0.1, 0.15) is 0 Å². The molecular formula is C22H23NS. The molecule has 0 radical (unpaired) electrons. The SMILES string of the molecule is C=C(C)[C@@H]1CSC2=C(C3CC3)C(Cc3c#ccc(C)c3)=CC(=C)N21. The monoisotopic (exact) mass is 333 g/mol. The third-order valence-corrected chi connectivity index (χ3v) is 6.18. The summed E-state index contributed by atoms with van der Waals surface area (Å²) in [5, 5.41) is 1.43. The maximum atomic E-state index is 4.36. The fourth-order valence-corrected chi connectivity index (χ4v) is 5.27. The number of thioether (sulfide) groups is 1. The van der Waals surface area contributed by atoms with Crippen LogP contribution in [0.25, 0.3) is 0 Å². The van der Waals surface area contributed by atoms with Crippen LogP contribution in [0, 0.1) is 25.0 Å². The molecule has 0 spiro atoms. The minimum atomic E-state index is 0.392. The molecule has 2 heterocycles. The molecule has 24 heavy (non-hydrogen) atoms. The van der Waals surface area contributed by atoms with Crippen LogP contribution in [0.15, 0.2) is 58.8 Å². The van der Waals surface area contributed by atoms with Gasteiger partial charge >= 0.3 is 0 Å². The zero-order valence-corrected chi connectivity index (χ0v) is 15.3. The molecule has 0 amide bonds. The van der Waals surface area contributed by atoms with Crippen molar-refractivity contribution in [2.24, 2.45) is 5.92 Å². The van der Waals surface area contributed by atoms with E-state index in [2.05, 4.69) is 56.2 Å². The van der Waals surface area contributed by atoms with Crippen molar-refractivity contribution in [3.8, 4) is 0 Å². The zero-order chi connectivity index (χ0) is 16.8. The summed E-state index contributed by atoms with van der Waals surface area (Å²) in [6, 6.07) is 11.0. The van der Waals surface area contributed by atoms with Gasteiger partial charge in [0.05, 0.1) is 11.1 Å². The van der Waals surface area contributed by atoms with Gasteiger partial charge in [0.25, 0.3) is 0 Å². The highest BCUT2D eigenvalue weighted by molar-refractivity contribution is 8.03. The molecule has 0 N–H and O–H groups in total. The Balaban J connectivity index is 1.71. The molecule has 0 bridgehead atoms. The van der Waals surface area contributed by atoms with Crippen molar-refractivity contribution in [3.63, 3.8) is 0 Å². The first kappa shape index (κ1) is 15.7. The molecule has 4 rings (SSSR count). The van der Waals surface area contributed by atoms with E-state index >= 15 is 0 Å². The number of aryl methyl sites for hydroxylation is 1. The maximum Gasteiger partial charge on any atom is 0.0797 e. The zero-order valence-electron chi connectivity index (χ0n) is 14.5. The van der Waals surface area contributed by atoms with E-state index in [4.69, 9.17) is 0 Å².